The average molecular weight is 575 g/mol. The third kappa shape index (κ3) is 3.22. The Labute approximate surface area is 231 Å². The molecule has 2 aliphatic heterocycles. The Morgan fingerprint density at radius 1 is 1.00 bits per heavy atom. The summed E-state index contributed by atoms with van der Waals surface area (Å²) in [4.78, 5) is 50.3. The average Bonchev–Trinajstić information content (AvgIpc) is 3.23. The molecule has 0 spiro atoms. The maximum absolute atomic E-state index is 14.2. The molecule has 4 aliphatic rings. The van der Waals surface area contributed by atoms with Crippen molar-refractivity contribution >= 4 is 52.5 Å². The molecule has 2 N–H and O–H groups in total. The predicted molar refractivity (Wildman–Crippen MR) is 135 cm³/mol. The van der Waals surface area contributed by atoms with Crippen LogP contribution in [0.5, 0.6) is 11.5 Å². The third-order valence-electron chi connectivity index (χ3n) is 8.42. The Balaban J connectivity index is 1.60. The van der Waals surface area contributed by atoms with Gasteiger partial charge in [0.1, 0.15) is 17.3 Å². The first kappa shape index (κ1) is 25.8. The zero-order chi connectivity index (χ0) is 28.0. The van der Waals surface area contributed by atoms with Crippen LogP contribution in [0.2, 0.25) is 0 Å². The SMILES string of the molecule is COc1ccc(O)c([C@H]2C3=CC[C@@H]4C(=O)N(O)C(=O)[C@@H]4[C@@H]3C[C@@]3(Cl)C(=O)N(c4ccc(F)cc4)C(=O)[C@@]23Cl)c1. The molecule has 6 atom stereocenters. The van der Waals surface area contributed by atoms with E-state index in [1.54, 1.807) is 6.08 Å². The summed E-state index contributed by atoms with van der Waals surface area (Å²) in [5, 5.41) is 21.2. The monoisotopic (exact) mass is 574 g/mol. The Morgan fingerprint density at radius 3 is 2.36 bits per heavy atom. The lowest BCUT2D eigenvalue weighted by molar-refractivity contribution is -0.173. The van der Waals surface area contributed by atoms with Crippen LogP contribution in [0.4, 0.5) is 10.1 Å². The number of rotatable bonds is 3. The summed E-state index contributed by atoms with van der Waals surface area (Å²) < 4.78 is 19.0. The Bertz CT molecular complexity index is 1500. The van der Waals surface area contributed by atoms with Gasteiger partial charge in [-0.1, -0.05) is 11.6 Å². The smallest absolute Gasteiger partial charge is 0.258 e. The van der Waals surface area contributed by atoms with E-state index in [1.165, 1.54) is 37.4 Å². The van der Waals surface area contributed by atoms with E-state index in [1.807, 2.05) is 0 Å². The largest absolute Gasteiger partial charge is 0.508 e. The zero-order valence-corrected chi connectivity index (χ0v) is 21.8. The molecule has 1 saturated carbocycles. The van der Waals surface area contributed by atoms with Crippen LogP contribution in [0.3, 0.4) is 0 Å². The number of halogens is 3. The molecule has 2 heterocycles. The number of methoxy groups -OCH3 is 1. The number of nitrogens with zero attached hydrogens (tertiary/aromatic N) is 2. The second kappa shape index (κ2) is 8.51. The highest BCUT2D eigenvalue weighted by Crippen LogP contribution is 2.66. The van der Waals surface area contributed by atoms with Crippen molar-refractivity contribution in [1.82, 2.24) is 5.06 Å². The van der Waals surface area contributed by atoms with E-state index >= 15 is 0 Å². The van der Waals surface area contributed by atoms with Crippen LogP contribution in [0, 0.1) is 23.6 Å². The third-order valence-corrected chi connectivity index (χ3v) is 9.83. The van der Waals surface area contributed by atoms with Crippen molar-refractivity contribution in [1.29, 1.82) is 0 Å². The van der Waals surface area contributed by atoms with Crippen molar-refractivity contribution in [3.63, 3.8) is 0 Å². The lowest BCUT2D eigenvalue weighted by atomic mass is 9.56. The van der Waals surface area contributed by atoms with Gasteiger partial charge < -0.3 is 9.84 Å². The number of hydroxylamine groups is 2. The minimum absolute atomic E-state index is 0.0398. The molecule has 4 amide bonds. The van der Waals surface area contributed by atoms with Gasteiger partial charge >= 0.3 is 0 Å². The molecular weight excluding hydrogens is 554 g/mol. The number of benzene rings is 2. The standard InChI is InChI=1S/C27H21Cl2FN2O7/c1-39-14-6-9-19(33)17(10-14)21-15-7-8-16-20(23(35)32(38)22(16)34)18(15)11-26(28)24(36)31(25(37)27(21,26)29)13-4-2-12(30)3-5-13/h2-7,9-10,16,18,20-21,33,38H,8,11H2,1H3/t16-,18+,20-,21+,26+,27-/m0/s1. The van der Waals surface area contributed by atoms with E-state index in [2.05, 4.69) is 0 Å². The molecule has 39 heavy (non-hydrogen) atoms. The Kier molecular flexibility index (Phi) is 5.63. The van der Waals surface area contributed by atoms with Crippen LogP contribution in [0.1, 0.15) is 24.3 Å². The number of hydrogen-bond acceptors (Lipinski definition) is 7. The van der Waals surface area contributed by atoms with Gasteiger partial charge in [0, 0.05) is 11.5 Å². The number of aromatic hydroxyl groups is 1. The number of phenolic OH excluding ortho intramolecular Hbond substituents is 1. The molecule has 0 aromatic heterocycles. The number of imide groups is 2. The molecule has 0 unspecified atom stereocenters. The quantitative estimate of drug-likeness (QED) is 0.249. The lowest BCUT2D eigenvalue weighted by Crippen LogP contribution is -2.60. The van der Waals surface area contributed by atoms with Gasteiger partial charge in [-0.3, -0.25) is 24.4 Å². The number of phenols is 1. The molecule has 2 aromatic carbocycles. The van der Waals surface area contributed by atoms with E-state index in [0.717, 1.165) is 17.0 Å². The van der Waals surface area contributed by atoms with E-state index in [9.17, 15) is 33.9 Å². The first-order chi connectivity index (χ1) is 18.5. The minimum atomic E-state index is -2.19. The van der Waals surface area contributed by atoms with Crippen molar-refractivity contribution in [2.75, 3.05) is 12.0 Å². The summed E-state index contributed by atoms with van der Waals surface area (Å²) in [7, 11) is 1.41. The molecule has 2 saturated heterocycles. The molecule has 2 aliphatic carbocycles. The maximum atomic E-state index is 14.2. The maximum Gasteiger partial charge on any atom is 0.258 e. The first-order valence-corrected chi connectivity index (χ1v) is 12.9. The highest BCUT2D eigenvalue weighted by molar-refractivity contribution is 6.58. The highest BCUT2D eigenvalue weighted by Gasteiger charge is 2.77. The number of anilines is 1. The van der Waals surface area contributed by atoms with Gasteiger partial charge in [-0.05, 0) is 61.2 Å². The van der Waals surface area contributed by atoms with Crippen LogP contribution in [-0.2, 0) is 19.2 Å². The van der Waals surface area contributed by atoms with Gasteiger partial charge in [-0.2, -0.15) is 5.06 Å². The number of carbonyl (C=O) groups is 4. The number of ether oxygens (including phenoxy) is 1. The second-order valence-corrected chi connectivity index (χ2v) is 11.4. The van der Waals surface area contributed by atoms with Crippen LogP contribution in [-0.4, -0.2) is 55.9 Å². The fourth-order valence-corrected chi connectivity index (χ4v) is 7.55. The first-order valence-electron chi connectivity index (χ1n) is 12.1. The summed E-state index contributed by atoms with van der Waals surface area (Å²) in [6.45, 7) is 0. The molecule has 202 valence electrons. The second-order valence-electron chi connectivity index (χ2n) is 10.2. The molecule has 2 aromatic rings. The van der Waals surface area contributed by atoms with E-state index < -0.39 is 62.9 Å². The topological polar surface area (TPSA) is 124 Å². The fraction of sp³-hybridized carbons (Fsp3) is 0.333. The van der Waals surface area contributed by atoms with Gasteiger partial charge in [0.15, 0.2) is 9.75 Å². The summed E-state index contributed by atoms with van der Waals surface area (Å²) in [6, 6.07) is 8.95. The van der Waals surface area contributed by atoms with Gasteiger partial charge in [-0.15, -0.1) is 23.2 Å². The van der Waals surface area contributed by atoms with E-state index in [4.69, 9.17) is 27.9 Å². The van der Waals surface area contributed by atoms with Crippen LogP contribution in [0.15, 0.2) is 54.1 Å². The number of amides is 4. The molecule has 12 heteroatoms. The number of hydrogen-bond donors (Lipinski definition) is 2. The van der Waals surface area contributed by atoms with Crippen LogP contribution in [0.25, 0.3) is 0 Å². The summed E-state index contributed by atoms with van der Waals surface area (Å²) >= 11 is 14.3. The zero-order valence-electron chi connectivity index (χ0n) is 20.3. The summed E-state index contributed by atoms with van der Waals surface area (Å²) in [6.07, 6.45) is 1.42. The summed E-state index contributed by atoms with van der Waals surface area (Å²) in [5.74, 6) is -7.97. The number of carbonyl (C=O) groups excluding carboxylic acids is 4. The fourth-order valence-electron chi connectivity index (χ4n) is 6.62. The Hall–Kier alpha value is -3.47. The van der Waals surface area contributed by atoms with Crippen molar-refractivity contribution in [3.8, 4) is 11.5 Å². The number of allylic oxidation sites excluding steroid dienone is 2. The predicted octanol–water partition coefficient (Wildman–Crippen LogP) is 3.49. The molecule has 3 fully saturated rings. The van der Waals surface area contributed by atoms with Crippen molar-refractivity contribution in [2.45, 2.75) is 28.5 Å². The molecule has 6 rings (SSSR count). The summed E-state index contributed by atoms with van der Waals surface area (Å²) in [5.41, 5.74) is 0.603. The normalized spacial score (nSPS) is 33.6. The van der Waals surface area contributed by atoms with E-state index in [-0.39, 0.29) is 34.9 Å². The minimum Gasteiger partial charge on any atom is -0.508 e. The highest BCUT2D eigenvalue weighted by atomic mass is 35.5. The van der Waals surface area contributed by atoms with Gasteiger partial charge in [0.25, 0.3) is 23.6 Å². The molecule has 9 nitrogen and oxygen atoms in total. The van der Waals surface area contributed by atoms with Gasteiger partial charge in [0.2, 0.25) is 0 Å². The van der Waals surface area contributed by atoms with Crippen LogP contribution < -0.4 is 9.64 Å². The molecule has 0 bridgehead atoms. The van der Waals surface area contributed by atoms with Gasteiger partial charge in [-0.25, -0.2) is 9.29 Å². The van der Waals surface area contributed by atoms with Crippen molar-refractivity contribution in [2.24, 2.45) is 17.8 Å². The Morgan fingerprint density at radius 2 is 1.69 bits per heavy atom. The van der Waals surface area contributed by atoms with Crippen molar-refractivity contribution in [3.05, 3.63) is 65.5 Å². The van der Waals surface area contributed by atoms with E-state index in [0.29, 0.717) is 11.3 Å². The molecular formula is C27H21Cl2FN2O7. The lowest BCUT2D eigenvalue weighted by Gasteiger charge is -2.50. The number of fused-ring (bicyclic) bond motifs is 4. The molecule has 0 radical (unpaired) electrons. The van der Waals surface area contributed by atoms with Crippen LogP contribution >= 0.6 is 23.2 Å². The number of alkyl halides is 2. The van der Waals surface area contributed by atoms with Crippen molar-refractivity contribution < 1.29 is 38.6 Å². The van der Waals surface area contributed by atoms with Gasteiger partial charge in [0.05, 0.1) is 24.6 Å².